The van der Waals surface area contributed by atoms with Crippen molar-refractivity contribution in [2.24, 2.45) is 5.92 Å². The average molecular weight is 552 g/mol. The summed E-state index contributed by atoms with van der Waals surface area (Å²) in [5.74, 6) is -5.49. The van der Waals surface area contributed by atoms with Gasteiger partial charge in [0, 0.05) is 18.5 Å². The molecule has 0 saturated carbocycles. The zero-order valence-corrected chi connectivity index (χ0v) is 22.5. The van der Waals surface area contributed by atoms with Crippen LogP contribution in [0, 0.1) is 5.92 Å². The zero-order chi connectivity index (χ0) is 29.6. The molecule has 214 valence electrons. The monoisotopic (exact) mass is 551 g/mol. The highest BCUT2D eigenvalue weighted by atomic mass is 19.4. The number of benzene rings is 2. The molecule has 0 aliphatic rings. The van der Waals surface area contributed by atoms with E-state index in [1.165, 1.54) is 6.92 Å². The van der Waals surface area contributed by atoms with E-state index in [4.69, 9.17) is 5.73 Å². The number of amides is 2. The summed E-state index contributed by atoms with van der Waals surface area (Å²) in [5, 5.41) is 4.54. The van der Waals surface area contributed by atoms with Crippen LogP contribution in [0.1, 0.15) is 52.5 Å². The third-order valence-electron chi connectivity index (χ3n) is 5.26. The highest BCUT2D eigenvalue weighted by molar-refractivity contribution is 5.95. The molecule has 2 atom stereocenters. The summed E-state index contributed by atoms with van der Waals surface area (Å²) in [5.41, 5.74) is 4.25. The van der Waals surface area contributed by atoms with E-state index in [-0.39, 0.29) is 12.8 Å². The van der Waals surface area contributed by atoms with Gasteiger partial charge in [0.25, 0.3) is 11.6 Å². The van der Waals surface area contributed by atoms with Crippen LogP contribution >= 0.6 is 0 Å². The number of para-hydroxylation sites is 1. The lowest BCUT2D eigenvalue weighted by atomic mass is 9.96. The Balaban J connectivity index is 0.000000934. The summed E-state index contributed by atoms with van der Waals surface area (Å²) in [7, 11) is 0. The molecule has 2 rings (SSSR count). The van der Waals surface area contributed by atoms with Crippen LogP contribution in [0.2, 0.25) is 0 Å². The number of carbonyl (C=O) groups excluding carboxylic acids is 4. The first kappa shape index (κ1) is 33.1. The van der Waals surface area contributed by atoms with E-state index >= 15 is 0 Å². The fourth-order valence-electron chi connectivity index (χ4n) is 3.49. The smallest absolute Gasteiger partial charge is 0.423 e. The summed E-state index contributed by atoms with van der Waals surface area (Å²) >= 11 is 0. The van der Waals surface area contributed by atoms with Gasteiger partial charge in [0.1, 0.15) is 0 Å². The number of Topliss-reactive ketones (excluding diaryl/α,β-unsaturated/α-hetero) is 1. The maximum absolute atomic E-state index is 13.2. The number of ketones is 1. The Bertz CT molecular complexity index is 1080. The van der Waals surface area contributed by atoms with Crippen molar-refractivity contribution in [3.05, 3.63) is 66.2 Å². The van der Waals surface area contributed by atoms with Gasteiger partial charge < -0.3 is 21.1 Å². The predicted molar refractivity (Wildman–Crippen MR) is 141 cm³/mol. The fraction of sp³-hybridized carbons (Fsp3) is 0.429. The molecule has 2 aromatic carbocycles. The van der Waals surface area contributed by atoms with Crippen molar-refractivity contribution in [3.8, 4) is 0 Å². The molecule has 0 unspecified atom stereocenters. The molecular formula is C28H36F3N3O5. The van der Waals surface area contributed by atoms with Crippen LogP contribution in [-0.4, -0.2) is 41.5 Å². The molecule has 0 aliphatic heterocycles. The first-order valence-corrected chi connectivity index (χ1v) is 12.5. The van der Waals surface area contributed by atoms with Crippen LogP contribution in [0.3, 0.4) is 0 Å². The van der Waals surface area contributed by atoms with Gasteiger partial charge in [0.15, 0.2) is 5.78 Å². The summed E-state index contributed by atoms with van der Waals surface area (Å²) in [6.45, 7) is 6.05. The molecule has 8 nitrogen and oxygen atoms in total. The number of nitrogen functional groups attached to an aromatic ring is 1. The minimum Gasteiger partial charge on any atom is -0.423 e. The lowest BCUT2D eigenvalue weighted by Crippen LogP contribution is -2.64. The molecule has 2 amide bonds. The van der Waals surface area contributed by atoms with E-state index in [1.807, 2.05) is 30.3 Å². The molecule has 0 aromatic heterocycles. The van der Waals surface area contributed by atoms with Crippen LogP contribution in [-0.2, 0) is 30.3 Å². The molecule has 11 heteroatoms. The van der Waals surface area contributed by atoms with Crippen LogP contribution in [0.4, 0.5) is 18.9 Å². The lowest BCUT2D eigenvalue weighted by molar-refractivity contribution is -0.219. The quantitative estimate of drug-likeness (QED) is 0.217. The van der Waals surface area contributed by atoms with Crippen molar-refractivity contribution in [1.82, 2.24) is 10.6 Å². The average Bonchev–Trinajstić information content (AvgIpc) is 2.84. The highest BCUT2D eigenvalue weighted by Gasteiger charge is 2.51. The van der Waals surface area contributed by atoms with Gasteiger partial charge in [-0.1, -0.05) is 69.3 Å². The van der Waals surface area contributed by atoms with E-state index in [9.17, 15) is 32.3 Å². The number of rotatable bonds is 11. The van der Waals surface area contributed by atoms with Gasteiger partial charge in [-0.25, -0.2) is 4.79 Å². The van der Waals surface area contributed by atoms with Gasteiger partial charge in [0.05, 0.1) is 6.04 Å². The molecule has 0 spiro atoms. The minimum absolute atomic E-state index is 0.0653. The van der Waals surface area contributed by atoms with Crippen LogP contribution in [0.5, 0.6) is 0 Å². The number of alkyl halides is 3. The van der Waals surface area contributed by atoms with Gasteiger partial charge in [-0.15, -0.1) is 0 Å². The third-order valence-corrected chi connectivity index (χ3v) is 5.26. The Morgan fingerprint density at radius 3 is 1.90 bits per heavy atom. The largest absolute Gasteiger partial charge is 0.491 e. The Kier molecular flexibility index (Phi) is 13.2. The SMILES string of the molecule is CCCC(=O)N[C@](CC(C)C)(OC(=O)C(F)(F)F)C(=O)N[C@@H](Cc1ccccc1)C(C)=O.Nc1ccccc1. The Morgan fingerprint density at radius 1 is 0.949 bits per heavy atom. The number of hydrogen-bond acceptors (Lipinski definition) is 6. The molecule has 0 bridgehead atoms. The summed E-state index contributed by atoms with van der Waals surface area (Å²) in [6.07, 6.45) is -5.50. The zero-order valence-electron chi connectivity index (χ0n) is 22.5. The highest BCUT2D eigenvalue weighted by Crippen LogP contribution is 2.26. The predicted octanol–water partition coefficient (Wildman–Crippen LogP) is 4.34. The van der Waals surface area contributed by atoms with Gasteiger partial charge in [-0.3, -0.25) is 14.4 Å². The number of carbonyl (C=O) groups is 4. The number of hydrogen-bond donors (Lipinski definition) is 3. The van der Waals surface area contributed by atoms with Crippen LogP contribution in [0.15, 0.2) is 60.7 Å². The number of nitrogens with one attached hydrogen (secondary N) is 2. The number of esters is 1. The van der Waals surface area contributed by atoms with Crippen molar-refractivity contribution in [3.63, 3.8) is 0 Å². The normalized spacial score (nSPS) is 13.2. The van der Waals surface area contributed by atoms with E-state index in [0.29, 0.717) is 12.0 Å². The molecule has 2 aromatic rings. The van der Waals surface area contributed by atoms with E-state index in [2.05, 4.69) is 15.4 Å². The molecule has 39 heavy (non-hydrogen) atoms. The summed E-state index contributed by atoms with van der Waals surface area (Å²) in [6, 6.07) is 17.0. The Hall–Kier alpha value is -3.89. The van der Waals surface area contributed by atoms with Crippen molar-refractivity contribution in [2.45, 2.75) is 71.3 Å². The summed E-state index contributed by atoms with van der Waals surface area (Å²) < 4.78 is 43.5. The van der Waals surface area contributed by atoms with Crippen molar-refractivity contribution in [1.29, 1.82) is 0 Å². The molecule has 0 radical (unpaired) electrons. The van der Waals surface area contributed by atoms with Crippen LogP contribution in [0.25, 0.3) is 0 Å². The fourth-order valence-corrected chi connectivity index (χ4v) is 3.49. The number of ether oxygens (including phenoxy) is 1. The Morgan fingerprint density at radius 2 is 1.49 bits per heavy atom. The number of halogens is 3. The second kappa shape index (κ2) is 15.5. The first-order chi connectivity index (χ1) is 18.2. The topological polar surface area (TPSA) is 128 Å². The van der Waals surface area contributed by atoms with Crippen molar-refractivity contribution >= 4 is 29.3 Å². The molecule has 0 fully saturated rings. The molecule has 4 N–H and O–H groups in total. The van der Waals surface area contributed by atoms with E-state index < -0.39 is 53.8 Å². The third kappa shape index (κ3) is 12.0. The van der Waals surface area contributed by atoms with Crippen molar-refractivity contribution < 1.29 is 37.1 Å². The van der Waals surface area contributed by atoms with Gasteiger partial charge >= 0.3 is 12.1 Å². The number of nitrogens with two attached hydrogens (primary N) is 1. The van der Waals surface area contributed by atoms with Crippen LogP contribution < -0.4 is 16.4 Å². The maximum atomic E-state index is 13.2. The second-order valence-electron chi connectivity index (χ2n) is 9.35. The lowest BCUT2D eigenvalue weighted by Gasteiger charge is -2.35. The van der Waals surface area contributed by atoms with E-state index in [0.717, 1.165) is 5.69 Å². The molecular weight excluding hydrogens is 515 g/mol. The Labute approximate surface area is 226 Å². The van der Waals surface area contributed by atoms with Gasteiger partial charge in [-0.05, 0) is 43.4 Å². The molecule has 0 aliphatic carbocycles. The maximum Gasteiger partial charge on any atom is 0.491 e. The van der Waals surface area contributed by atoms with Crippen molar-refractivity contribution in [2.75, 3.05) is 5.73 Å². The molecule has 0 saturated heterocycles. The van der Waals surface area contributed by atoms with Gasteiger partial charge in [0.2, 0.25) is 5.91 Å². The molecule has 0 heterocycles. The van der Waals surface area contributed by atoms with E-state index in [1.54, 1.807) is 51.1 Å². The standard InChI is InChI=1S/C22H29F3N2O5.C6H7N/c1-5-9-18(29)27-21(13-14(2)3,32-20(31)22(23,24)25)19(30)26-17(15(4)28)12-16-10-7-6-8-11-16;7-6-4-2-1-3-5-6/h6-8,10-11,14,17H,5,9,12-13H2,1-4H3,(H,26,30)(H,27,29);1-5H,7H2/t17-,21+;/m0./s1. The first-order valence-electron chi connectivity index (χ1n) is 12.5. The minimum atomic E-state index is -5.39. The number of anilines is 1. The summed E-state index contributed by atoms with van der Waals surface area (Å²) in [4.78, 5) is 49.3. The van der Waals surface area contributed by atoms with Gasteiger partial charge in [-0.2, -0.15) is 13.2 Å². The second-order valence-corrected chi connectivity index (χ2v) is 9.35.